The third-order valence-electron chi connectivity index (χ3n) is 2.01. The molecule has 3 nitrogen and oxygen atoms in total. The number of likely N-dealkylation sites (N-methyl/N-ethyl adjacent to an activating group) is 2. The Kier molecular flexibility index (Phi) is 1.68. The quantitative estimate of drug-likeness (QED) is 0.472. The SMILES string of the molecule is CN1CCN(C)P1(C)=O. The minimum Gasteiger partial charge on any atom is -0.289 e. The number of hydrogen-bond acceptors (Lipinski definition) is 1. The number of nitrogens with zero attached hydrogens (tertiary/aromatic N) is 2. The van der Waals surface area contributed by atoms with E-state index in [4.69, 9.17) is 0 Å². The standard InChI is InChI=1S/C5H13N2OP/c1-6-4-5-7(2)9(6,3)8/h4-5H2,1-3H3. The molecule has 0 aliphatic carbocycles. The van der Waals surface area contributed by atoms with Crippen molar-refractivity contribution in [1.29, 1.82) is 0 Å². The van der Waals surface area contributed by atoms with E-state index in [0.717, 1.165) is 13.1 Å². The van der Waals surface area contributed by atoms with Gasteiger partial charge in [-0.3, -0.25) is 4.57 Å². The van der Waals surface area contributed by atoms with Crippen molar-refractivity contribution < 1.29 is 4.57 Å². The van der Waals surface area contributed by atoms with Gasteiger partial charge in [-0.1, -0.05) is 0 Å². The molecular weight excluding hydrogens is 135 g/mol. The maximum Gasteiger partial charge on any atom is 0.213 e. The second-order valence-electron chi connectivity index (χ2n) is 2.60. The Morgan fingerprint density at radius 2 is 1.56 bits per heavy atom. The minimum absolute atomic E-state index is 0.935. The van der Waals surface area contributed by atoms with Crippen LogP contribution >= 0.6 is 7.44 Å². The fraction of sp³-hybridized carbons (Fsp3) is 1.00. The second-order valence-corrected chi connectivity index (χ2v) is 5.63. The highest BCUT2D eigenvalue weighted by Gasteiger charge is 2.32. The van der Waals surface area contributed by atoms with Crippen molar-refractivity contribution in [2.75, 3.05) is 33.8 Å². The lowest BCUT2D eigenvalue weighted by atomic mass is 10.6. The molecule has 1 fully saturated rings. The summed E-state index contributed by atoms with van der Waals surface area (Å²) in [5.41, 5.74) is 0. The van der Waals surface area contributed by atoms with Gasteiger partial charge < -0.3 is 0 Å². The fourth-order valence-corrected chi connectivity index (χ4v) is 2.36. The van der Waals surface area contributed by atoms with Crippen LogP contribution in [0.3, 0.4) is 0 Å². The predicted octanol–water partition coefficient (Wildman–Crippen LogP) is 0.686. The highest BCUT2D eigenvalue weighted by atomic mass is 31.2. The Bertz CT molecular complexity index is 145. The van der Waals surface area contributed by atoms with Crippen LogP contribution in [0.2, 0.25) is 0 Å². The molecule has 4 heteroatoms. The second kappa shape index (κ2) is 2.08. The van der Waals surface area contributed by atoms with Gasteiger partial charge in [0, 0.05) is 19.8 Å². The van der Waals surface area contributed by atoms with Crippen LogP contribution in [-0.2, 0) is 4.57 Å². The van der Waals surface area contributed by atoms with Gasteiger partial charge in [0.1, 0.15) is 0 Å². The Labute approximate surface area is 56.1 Å². The van der Waals surface area contributed by atoms with E-state index in [1.807, 2.05) is 23.4 Å². The van der Waals surface area contributed by atoms with Crippen LogP contribution in [0.15, 0.2) is 0 Å². The molecule has 0 amide bonds. The highest BCUT2D eigenvalue weighted by molar-refractivity contribution is 7.58. The molecule has 1 aliphatic heterocycles. The van der Waals surface area contributed by atoms with Crippen molar-refractivity contribution in [3.05, 3.63) is 0 Å². The summed E-state index contributed by atoms with van der Waals surface area (Å²) in [4.78, 5) is 0. The van der Waals surface area contributed by atoms with Gasteiger partial charge in [0.05, 0.1) is 0 Å². The lowest BCUT2D eigenvalue weighted by Crippen LogP contribution is -2.10. The average Bonchev–Trinajstić information content (AvgIpc) is 1.96. The Balaban J connectivity index is 2.79. The summed E-state index contributed by atoms with van der Waals surface area (Å²) in [5, 5.41) is 0. The topological polar surface area (TPSA) is 23.6 Å². The molecule has 0 bridgehead atoms. The van der Waals surface area contributed by atoms with Gasteiger partial charge in [0.25, 0.3) is 0 Å². The van der Waals surface area contributed by atoms with Gasteiger partial charge in [-0.15, -0.1) is 0 Å². The molecule has 0 radical (unpaired) electrons. The van der Waals surface area contributed by atoms with Crippen molar-refractivity contribution in [2.45, 2.75) is 0 Å². The average molecular weight is 148 g/mol. The van der Waals surface area contributed by atoms with Gasteiger partial charge >= 0.3 is 0 Å². The molecular formula is C5H13N2OP. The van der Waals surface area contributed by atoms with E-state index in [0.29, 0.717) is 0 Å². The van der Waals surface area contributed by atoms with Crippen molar-refractivity contribution in [3.8, 4) is 0 Å². The van der Waals surface area contributed by atoms with Crippen LogP contribution in [-0.4, -0.2) is 43.2 Å². The van der Waals surface area contributed by atoms with E-state index in [9.17, 15) is 4.57 Å². The Hall–Kier alpha value is 0.150. The van der Waals surface area contributed by atoms with Crippen LogP contribution in [0.1, 0.15) is 0 Å². The highest BCUT2D eigenvalue weighted by Crippen LogP contribution is 2.50. The first-order valence-corrected chi connectivity index (χ1v) is 5.12. The van der Waals surface area contributed by atoms with Crippen LogP contribution in [0.4, 0.5) is 0 Å². The first-order chi connectivity index (χ1) is 4.05. The number of rotatable bonds is 0. The smallest absolute Gasteiger partial charge is 0.213 e. The molecule has 0 N–H and O–H groups in total. The van der Waals surface area contributed by atoms with E-state index in [-0.39, 0.29) is 0 Å². The predicted molar refractivity (Wildman–Crippen MR) is 38.8 cm³/mol. The lowest BCUT2D eigenvalue weighted by molar-refractivity contribution is 0.496. The van der Waals surface area contributed by atoms with E-state index in [2.05, 4.69) is 0 Å². The van der Waals surface area contributed by atoms with Crippen molar-refractivity contribution in [3.63, 3.8) is 0 Å². The summed E-state index contributed by atoms with van der Waals surface area (Å²) in [7, 11) is 1.76. The van der Waals surface area contributed by atoms with E-state index >= 15 is 0 Å². The lowest BCUT2D eigenvalue weighted by Gasteiger charge is -2.19. The minimum atomic E-state index is -2.06. The molecule has 0 spiro atoms. The molecule has 0 unspecified atom stereocenters. The maximum absolute atomic E-state index is 11.5. The zero-order chi connectivity index (χ0) is 7.07. The normalized spacial score (nSPS) is 29.2. The molecule has 1 saturated heterocycles. The molecule has 9 heavy (non-hydrogen) atoms. The van der Waals surface area contributed by atoms with Crippen LogP contribution in [0.5, 0.6) is 0 Å². The molecule has 0 aromatic rings. The van der Waals surface area contributed by atoms with Crippen molar-refractivity contribution >= 4 is 7.44 Å². The van der Waals surface area contributed by atoms with Gasteiger partial charge in [0.15, 0.2) is 0 Å². The van der Waals surface area contributed by atoms with Crippen LogP contribution < -0.4 is 0 Å². The van der Waals surface area contributed by atoms with E-state index in [1.54, 1.807) is 6.66 Å². The molecule has 1 aliphatic rings. The van der Waals surface area contributed by atoms with Gasteiger partial charge in [-0.2, -0.15) is 0 Å². The summed E-state index contributed by atoms with van der Waals surface area (Å²) in [6.07, 6.45) is 0. The van der Waals surface area contributed by atoms with Crippen molar-refractivity contribution in [2.24, 2.45) is 0 Å². The largest absolute Gasteiger partial charge is 0.289 e. The molecule has 0 atom stereocenters. The van der Waals surface area contributed by atoms with E-state index < -0.39 is 7.44 Å². The first kappa shape index (κ1) is 7.26. The summed E-state index contributed by atoms with van der Waals surface area (Å²) < 4.78 is 15.4. The van der Waals surface area contributed by atoms with Gasteiger partial charge in [-0.25, -0.2) is 9.34 Å². The van der Waals surface area contributed by atoms with Gasteiger partial charge in [0.2, 0.25) is 7.44 Å². The third kappa shape index (κ3) is 1.05. The Morgan fingerprint density at radius 1 is 1.22 bits per heavy atom. The molecule has 0 aromatic carbocycles. The van der Waals surface area contributed by atoms with Crippen molar-refractivity contribution in [1.82, 2.24) is 9.34 Å². The zero-order valence-corrected chi connectivity index (χ0v) is 7.06. The molecule has 1 rings (SSSR count). The summed E-state index contributed by atoms with van der Waals surface area (Å²) in [6.45, 7) is 3.68. The summed E-state index contributed by atoms with van der Waals surface area (Å²) in [6, 6.07) is 0. The molecule has 1 heterocycles. The number of hydrogen-bond donors (Lipinski definition) is 0. The first-order valence-electron chi connectivity index (χ1n) is 3.06. The Morgan fingerprint density at radius 3 is 1.67 bits per heavy atom. The fourth-order valence-electron chi connectivity index (χ4n) is 0.921. The summed E-state index contributed by atoms with van der Waals surface area (Å²) in [5.74, 6) is 0. The molecule has 0 aromatic heterocycles. The molecule has 54 valence electrons. The van der Waals surface area contributed by atoms with Crippen LogP contribution in [0.25, 0.3) is 0 Å². The zero-order valence-electron chi connectivity index (χ0n) is 6.16. The summed E-state index contributed by atoms with van der Waals surface area (Å²) >= 11 is 0. The van der Waals surface area contributed by atoms with Gasteiger partial charge in [-0.05, 0) is 14.1 Å². The monoisotopic (exact) mass is 148 g/mol. The molecule has 0 saturated carbocycles. The third-order valence-corrected chi connectivity index (χ3v) is 4.95. The van der Waals surface area contributed by atoms with E-state index in [1.165, 1.54) is 0 Å². The van der Waals surface area contributed by atoms with Crippen LogP contribution in [0, 0.1) is 0 Å². The maximum atomic E-state index is 11.5.